The SMILES string of the molecule is [3H]c1ccc2[nH]c(C(C)C)nc2c1. The fourth-order valence-corrected chi connectivity index (χ4v) is 1.19. The quantitative estimate of drug-likeness (QED) is 0.686. The predicted molar refractivity (Wildman–Crippen MR) is 50.2 cm³/mol. The highest BCUT2D eigenvalue weighted by atomic mass is 14.9. The number of aromatic amines is 1. The number of hydrogen-bond donors (Lipinski definition) is 1. The van der Waals surface area contributed by atoms with Crippen molar-refractivity contribution in [1.82, 2.24) is 9.97 Å². The second-order valence-electron chi connectivity index (χ2n) is 3.22. The van der Waals surface area contributed by atoms with E-state index in [2.05, 4.69) is 23.8 Å². The number of para-hydroxylation sites is 2. The van der Waals surface area contributed by atoms with Gasteiger partial charge in [-0.2, -0.15) is 0 Å². The Bertz CT molecular complexity index is 431. The van der Waals surface area contributed by atoms with Gasteiger partial charge in [0.15, 0.2) is 0 Å². The van der Waals surface area contributed by atoms with Gasteiger partial charge in [0.1, 0.15) is 5.82 Å². The molecule has 0 spiro atoms. The largest absolute Gasteiger partial charge is 0.342 e. The van der Waals surface area contributed by atoms with Crippen molar-refractivity contribution < 1.29 is 1.37 Å². The Morgan fingerprint density at radius 3 is 3.08 bits per heavy atom. The first-order valence-electron chi connectivity index (χ1n) is 4.63. The van der Waals surface area contributed by atoms with E-state index in [0.717, 1.165) is 16.9 Å². The standard InChI is InChI=1S/C10H12N2/c1-7(2)10-11-8-5-3-4-6-9(8)12-10/h3-7H,1-2H3,(H,11,12)/i3T. The summed E-state index contributed by atoms with van der Waals surface area (Å²) in [6.07, 6.45) is 0. The number of benzene rings is 1. The zero-order valence-corrected chi connectivity index (χ0v) is 7.26. The van der Waals surface area contributed by atoms with Crippen molar-refractivity contribution in [3.8, 4) is 0 Å². The number of imidazole rings is 1. The summed E-state index contributed by atoms with van der Waals surface area (Å²) in [5.41, 5.74) is 1.90. The second-order valence-corrected chi connectivity index (χ2v) is 3.22. The third-order valence-electron chi connectivity index (χ3n) is 1.89. The maximum absolute atomic E-state index is 7.44. The Hall–Kier alpha value is -1.31. The molecule has 1 N–H and O–H groups in total. The van der Waals surface area contributed by atoms with E-state index in [1.54, 1.807) is 12.1 Å². The molecular weight excluding hydrogens is 148 g/mol. The van der Waals surface area contributed by atoms with Crippen LogP contribution in [0.15, 0.2) is 24.2 Å². The number of aromatic nitrogens is 2. The normalized spacial score (nSPS) is 12.4. The molecule has 0 saturated heterocycles. The van der Waals surface area contributed by atoms with Gasteiger partial charge in [0.25, 0.3) is 0 Å². The van der Waals surface area contributed by atoms with Gasteiger partial charge >= 0.3 is 0 Å². The topological polar surface area (TPSA) is 28.7 Å². The van der Waals surface area contributed by atoms with Gasteiger partial charge in [0.05, 0.1) is 12.4 Å². The van der Waals surface area contributed by atoms with Gasteiger partial charge in [-0.25, -0.2) is 4.98 Å². The molecule has 2 heteroatoms. The molecule has 0 atom stereocenters. The maximum Gasteiger partial charge on any atom is 0.109 e. The van der Waals surface area contributed by atoms with Gasteiger partial charge in [-0.05, 0) is 12.1 Å². The molecule has 0 saturated carbocycles. The van der Waals surface area contributed by atoms with Gasteiger partial charge < -0.3 is 4.98 Å². The van der Waals surface area contributed by atoms with E-state index < -0.39 is 0 Å². The third-order valence-corrected chi connectivity index (χ3v) is 1.89. The highest BCUT2D eigenvalue weighted by molar-refractivity contribution is 5.74. The summed E-state index contributed by atoms with van der Waals surface area (Å²) in [7, 11) is 0. The summed E-state index contributed by atoms with van der Waals surface area (Å²) in [5.74, 6) is 1.39. The van der Waals surface area contributed by atoms with Gasteiger partial charge in [0.2, 0.25) is 0 Å². The molecule has 0 aliphatic heterocycles. The van der Waals surface area contributed by atoms with E-state index in [9.17, 15) is 0 Å². The van der Waals surface area contributed by atoms with Crippen LogP contribution in [0.3, 0.4) is 0 Å². The smallest absolute Gasteiger partial charge is 0.109 e. The Labute approximate surface area is 73.0 Å². The Balaban J connectivity index is 2.62. The maximum atomic E-state index is 7.44. The van der Waals surface area contributed by atoms with Crippen LogP contribution >= 0.6 is 0 Å². The molecule has 0 aliphatic rings. The van der Waals surface area contributed by atoms with Crippen LogP contribution in [-0.4, -0.2) is 9.97 Å². The van der Waals surface area contributed by atoms with E-state index in [1.807, 2.05) is 6.07 Å². The second kappa shape index (κ2) is 2.63. The van der Waals surface area contributed by atoms with Gasteiger partial charge in [0, 0.05) is 5.92 Å². The average molecular weight is 162 g/mol. The van der Waals surface area contributed by atoms with E-state index in [0.29, 0.717) is 12.0 Å². The fourth-order valence-electron chi connectivity index (χ4n) is 1.19. The summed E-state index contributed by atoms with van der Waals surface area (Å²) in [5, 5.41) is 0. The van der Waals surface area contributed by atoms with Gasteiger partial charge in [-0.3, -0.25) is 0 Å². The summed E-state index contributed by atoms with van der Waals surface area (Å²) in [6, 6.07) is 5.95. The van der Waals surface area contributed by atoms with Crippen LogP contribution in [0.25, 0.3) is 11.0 Å². The third kappa shape index (κ3) is 1.09. The molecule has 0 aliphatic carbocycles. The lowest BCUT2D eigenvalue weighted by atomic mass is 10.2. The van der Waals surface area contributed by atoms with E-state index >= 15 is 0 Å². The first-order valence-corrected chi connectivity index (χ1v) is 4.13. The number of rotatable bonds is 1. The van der Waals surface area contributed by atoms with Crippen molar-refractivity contribution in [2.75, 3.05) is 0 Å². The highest BCUT2D eigenvalue weighted by Gasteiger charge is 2.04. The average Bonchev–Trinajstić information content (AvgIpc) is 2.46. The molecule has 12 heavy (non-hydrogen) atoms. The van der Waals surface area contributed by atoms with Crippen LogP contribution in [0.1, 0.15) is 27.0 Å². The van der Waals surface area contributed by atoms with Crippen molar-refractivity contribution in [3.05, 3.63) is 30.1 Å². The lowest BCUT2D eigenvalue weighted by Gasteiger charge is -1.95. The molecule has 0 unspecified atom stereocenters. The van der Waals surface area contributed by atoms with Crippen molar-refractivity contribution in [1.29, 1.82) is 0 Å². The number of fused-ring (bicyclic) bond motifs is 1. The van der Waals surface area contributed by atoms with Crippen LogP contribution in [0.4, 0.5) is 0 Å². The first-order chi connectivity index (χ1) is 6.16. The van der Waals surface area contributed by atoms with Crippen molar-refractivity contribution in [2.45, 2.75) is 19.8 Å². The Morgan fingerprint density at radius 1 is 1.50 bits per heavy atom. The Kier molecular flexibility index (Phi) is 1.36. The summed E-state index contributed by atoms with van der Waals surface area (Å²) in [6.45, 7) is 4.19. The first kappa shape index (κ1) is 6.23. The fraction of sp³-hybridized carbons (Fsp3) is 0.300. The molecule has 1 aromatic carbocycles. The molecule has 1 aromatic heterocycles. The van der Waals surface area contributed by atoms with E-state index in [-0.39, 0.29) is 0 Å². The molecular formula is C10H12N2. The Morgan fingerprint density at radius 2 is 2.33 bits per heavy atom. The van der Waals surface area contributed by atoms with Crippen molar-refractivity contribution in [3.63, 3.8) is 0 Å². The number of hydrogen-bond acceptors (Lipinski definition) is 1. The highest BCUT2D eigenvalue weighted by Crippen LogP contribution is 2.15. The van der Waals surface area contributed by atoms with Crippen LogP contribution in [0.5, 0.6) is 0 Å². The molecule has 0 radical (unpaired) electrons. The molecule has 0 bridgehead atoms. The monoisotopic (exact) mass is 162 g/mol. The molecule has 2 rings (SSSR count). The van der Waals surface area contributed by atoms with Crippen LogP contribution in [0, 0.1) is 0 Å². The summed E-state index contributed by atoms with van der Waals surface area (Å²) in [4.78, 5) is 7.63. The number of nitrogens with one attached hydrogen (secondary N) is 1. The molecule has 2 nitrogen and oxygen atoms in total. The van der Waals surface area contributed by atoms with Crippen LogP contribution < -0.4 is 0 Å². The minimum Gasteiger partial charge on any atom is -0.342 e. The van der Waals surface area contributed by atoms with E-state index in [4.69, 9.17) is 1.37 Å². The number of H-pyrrole nitrogens is 1. The molecule has 2 aromatic rings. The molecule has 62 valence electrons. The van der Waals surface area contributed by atoms with Gasteiger partial charge in [-0.15, -0.1) is 0 Å². The van der Waals surface area contributed by atoms with Crippen LogP contribution in [0.2, 0.25) is 0 Å². The molecule has 1 heterocycles. The predicted octanol–water partition coefficient (Wildman–Crippen LogP) is 2.69. The number of nitrogens with zero attached hydrogens (tertiary/aromatic N) is 1. The lowest BCUT2D eigenvalue weighted by Crippen LogP contribution is -1.88. The molecule has 0 fully saturated rings. The summed E-state index contributed by atoms with van der Waals surface area (Å²) < 4.78 is 7.44. The zero-order chi connectivity index (χ0) is 9.42. The summed E-state index contributed by atoms with van der Waals surface area (Å²) >= 11 is 0. The minimum absolute atomic E-state index is 0.404. The van der Waals surface area contributed by atoms with Crippen molar-refractivity contribution >= 4 is 11.0 Å². The van der Waals surface area contributed by atoms with E-state index in [1.165, 1.54) is 0 Å². The molecule has 0 amide bonds. The van der Waals surface area contributed by atoms with Gasteiger partial charge in [-0.1, -0.05) is 26.0 Å². The zero-order valence-electron chi connectivity index (χ0n) is 8.26. The minimum atomic E-state index is 0.404. The van der Waals surface area contributed by atoms with Crippen molar-refractivity contribution in [2.24, 2.45) is 0 Å². The van der Waals surface area contributed by atoms with Crippen LogP contribution in [-0.2, 0) is 0 Å². The lowest BCUT2D eigenvalue weighted by molar-refractivity contribution is 0.799.